The van der Waals surface area contributed by atoms with Crippen molar-refractivity contribution in [3.63, 3.8) is 0 Å². The Labute approximate surface area is 208 Å². The maximum atomic E-state index is 13.5. The fraction of sp³-hybridized carbons (Fsp3) is 0.231. The second kappa shape index (κ2) is 10.0. The van der Waals surface area contributed by atoms with Crippen molar-refractivity contribution in [2.75, 3.05) is 42.3 Å². The Morgan fingerprint density at radius 1 is 1.17 bits per heavy atom. The molecule has 3 heterocycles. The van der Waals surface area contributed by atoms with E-state index in [1.54, 1.807) is 19.5 Å². The third-order valence-electron chi connectivity index (χ3n) is 6.08. The number of likely N-dealkylation sites (N-methyl/N-ethyl adjacent to an activating group) is 1. The van der Waals surface area contributed by atoms with Crippen LogP contribution in [0, 0.1) is 6.92 Å². The molecule has 36 heavy (non-hydrogen) atoms. The number of nitrogens with zero attached hydrogens (tertiary/aromatic N) is 4. The van der Waals surface area contributed by atoms with Crippen LogP contribution < -0.4 is 15.5 Å². The van der Waals surface area contributed by atoms with E-state index >= 15 is 0 Å². The summed E-state index contributed by atoms with van der Waals surface area (Å²) in [6.07, 6.45) is 3.48. The molecule has 3 aromatic heterocycles. The van der Waals surface area contributed by atoms with Gasteiger partial charge in [0.1, 0.15) is 5.82 Å². The molecule has 4 N–H and O–H groups in total. The van der Waals surface area contributed by atoms with Gasteiger partial charge in [0.2, 0.25) is 5.95 Å². The van der Waals surface area contributed by atoms with Crippen LogP contribution in [0.1, 0.15) is 22.8 Å². The number of fused-ring (bicyclic) bond motifs is 2. The third kappa shape index (κ3) is 4.71. The minimum atomic E-state index is -0.216. The van der Waals surface area contributed by atoms with Gasteiger partial charge in [-0.2, -0.15) is 5.10 Å². The predicted octanol–water partition coefficient (Wildman–Crippen LogP) is 4.61. The van der Waals surface area contributed by atoms with Crippen molar-refractivity contribution in [3.05, 3.63) is 66.0 Å². The number of imidazole rings is 1. The smallest absolute Gasteiger partial charge is 0.257 e. The van der Waals surface area contributed by atoms with E-state index < -0.39 is 0 Å². The summed E-state index contributed by atoms with van der Waals surface area (Å²) < 4.78 is 5.30. The van der Waals surface area contributed by atoms with Gasteiger partial charge in [-0.25, -0.2) is 9.97 Å². The molecule has 0 saturated carbocycles. The van der Waals surface area contributed by atoms with E-state index in [4.69, 9.17) is 9.72 Å². The van der Waals surface area contributed by atoms with E-state index in [-0.39, 0.29) is 5.91 Å². The summed E-state index contributed by atoms with van der Waals surface area (Å²) in [5.41, 5.74) is 5.35. The largest absolute Gasteiger partial charge is 0.383 e. The van der Waals surface area contributed by atoms with Crippen molar-refractivity contribution < 1.29 is 9.53 Å². The van der Waals surface area contributed by atoms with Gasteiger partial charge < -0.3 is 25.3 Å². The highest BCUT2D eigenvalue weighted by Crippen LogP contribution is 2.29. The highest BCUT2D eigenvalue weighted by molar-refractivity contribution is 6.11. The second-order valence-corrected chi connectivity index (χ2v) is 8.46. The Hall–Kier alpha value is -4.44. The first kappa shape index (κ1) is 23.3. The fourth-order valence-electron chi connectivity index (χ4n) is 4.14. The summed E-state index contributed by atoms with van der Waals surface area (Å²) in [6.45, 7) is 5.92. The molecule has 5 aromatic rings. The number of nitrogens with one attached hydrogen (secondary N) is 4. The minimum absolute atomic E-state index is 0.216. The molecule has 0 unspecified atom stereocenters. The number of rotatable bonds is 9. The van der Waals surface area contributed by atoms with Gasteiger partial charge >= 0.3 is 0 Å². The van der Waals surface area contributed by atoms with Crippen LogP contribution in [-0.4, -0.2) is 57.9 Å². The normalized spacial score (nSPS) is 11.2. The van der Waals surface area contributed by atoms with Gasteiger partial charge in [0.15, 0.2) is 0 Å². The summed E-state index contributed by atoms with van der Waals surface area (Å²) in [5, 5.41) is 14.2. The van der Waals surface area contributed by atoms with E-state index in [0.717, 1.165) is 39.0 Å². The van der Waals surface area contributed by atoms with Gasteiger partial charge in [0, 0.05) is 37.5 Å². The van der Waals surface area contributed by atoms with E-state index in [0.29, 0.717) is 36.9 Å². The molecule has 0 radical (unpaired) electrons. The minimum Gasteiger partial charge on any atom is -0.383 e. The van der Waals surface area contributed by atoms with Gasteiger partial charge in [-0.3, -0.25) is 9.89 Å². The van der Waals surface area contributed by atoms with Gasteiger partial charge in [-0.15, -0.1) is 0 Å². The zero-order valence-electron chi connectivity index (χ0n) is 20.4. The number of carbonyl (C=O) groups excluding carboxylic acids is 1. The first-order valence-electron chi connectivity index (χ1n) is 11.8. The van der Waals surface area contributed by atoms with Gasteiger partial charge in [0.05, 0.1) is 40.6 Å². The molecule has 5 rings (SSSR count). The lowest BCUT2D eigenvalue weighted by Crippen LogP contribution is -2.29. The van der Waals surface area contributed by atoms with Crippen molar-refractivity contribution >= 4 is 51.0 Å². The maximum absolute atomic E-state index is 13.5. The van der Waals surface area contributed by atoms with E-state index in [1.165, 1.54) is 0 Å². The number of carbonyl (C=O) groups is 1. The summed E-state index contributed by atoms with van der Waals surface area (Å²) in [6, 6.07) is 13.3. The van der Waals surface area contributed by atoms with Crippen LogP contribution in [-0.2, 0) is 4.74 Å². The molecule has 2 aromatic carbocycles. The Balaban J connectivity index is 1.52. The van der Waals surface area contributed by atoms with E-state index in [2.05, 4.69) is 42.6 Å². The molecule has 0 atom stereocenters. The number of amides is 1. The second-order valence-electron chi connectivity index (χ2n) is 8.46. The number of pyridine rings is 1. The Morgan fingerprint density at radius 3 is 2.86 bits per heavy atom. The average Bonchev–Trinajstić information content (AvgIpc) is 3.51. The lowest BCUT2D eigenvalue weighted by molar-refractivity contribution is 0.102. The molecular formula is C26H28N8O2. The SMILES string of the molecule is CCN(CCOC)c1cc2nc(Nc3ncccc3C)[nH]c2cc1C(=O)Nc1ccc2cn[nH]c2c1. The standard InChI is InChI=1S/C26H28N8O2/c1-4-34(10-11-36-3)23-14-22-21(30-26(31-22)32-24-16(2)6-5-9-27-24)13-19(23)25(35)29-18-8-7-17-15-28-33-20(17)12-18/h5-9,12-15H,4,10-11H2,1-3H3,(H,28,33)(H,29,35)(H2,27,30,31,32). The number of anilines is 4. The molecule has 0 aliphatic rings. The molecule has 0 saturated heterocycles. The number of H-pyrrole nitrogens is 2. The number of methoxy groups -OCH3 is 1. The molecule has 0 aliphatic heterocycles. The van der Waals surface area contributed by atoms with Gasteiger partial charge in [0.25, 0.3) is 5.91 Å². The first-order valence-corrected chi connectivity index (χ1v) is 11.8. The van der Waals surface area contributed by atoms with Crippen LogP contribution in [0.4, 0.5) is 23.1 Å². The topological polar surface area (TPSA) is 124 Å². The molecule has 184 valence electrons. The highest BCUT2D eigenvalue weighted by Gasteiger charge is 2.20. The number of ether oxygens (including phenoxy) is 1. The molecule has 0 spiro atoms. The number of benzene rings is 2. The third-order valence-corrected chi connectivity index (χ3v) is 6.08. The summed E-state index contributed by atoms with van der Waals surface area (Å²) in [5.74, 6) is 1.06. The van der Waals surface area contributed by atoms with Crippen LogP contribution >= 0.6 is 0 Å². The highest BCUT2D eigenvalue weighted by atomic mass is 16.5. The average molecular weight is 485 g/mol. The van der Waals surface area contributed by atoms with Crippen LogP contribution in [0.3, 0.4) is 0 Å². The molecular weight excluding hydrogens is 456 g/mol. The molecule has 1 amide bonds. The number of aromatic nitrogens is 5. The molecule has 0 bridgehead atoms. The van der Waals surface area contributed by atoms with Crippen LogP contribution in [0.15, 0.2) is 54.9 Å². The number of hydrogen-bond acceptors (Lipinski definition) is 7. The first-order chi connectivity index (χ1) is 17.6. The quantitative estimate of drug-likeness (QED) is 0.241. The number of aromatic amines is 2. The van der Waals surface area contributed by atoms with Crippen LogP contribution in [0.2, 0.25) is 0 Å². The van der Waals surface area contributed by atoms with Crippen LogP contribution in [0.5, 0.6) is 0 Å². The fourth-order valence-corrected chi connectivity index (χ4v) is 4.14. The summed E-state index contributed by atoms with van der Waals surface area (Å²) in [7, 11) is 1.67. The summed E-state index contributed by atoms with van der Waals surface area (Å²) >= 11 is 0. The van der Waals surface area contributed by atoms with Gasteiger partial charge in [-0.1, -0.05) is 6.07 Å². The molecule has 10 heteroatoms. The summed E-state index contributed by atoms with van der Waals surface area (Å²) in [4.78, 5) is 28.0. The molecule has 0 fully saturated rings. The predicted molar refractivity (Wildman–Crippen MR) is 142 cm³/mol. The zero-order valence-corrected chi connectivity index (χ0v) is 20.4. The lowest BCUT2D eigenvalue weighted by atomic mass is 10.1. The van der Waals surface area contributed by atoms with E-state index in [9.17, 15) is 4.79 Å². The van der Waals surface area contributed by atoms with Crippen LogP contribution in [0.25, 0.3) is 21.9 Å². The number of aryl methyl sites for hydroxylation is 1. The lowest BCUT2D eigenvalue weighted by Gasteiger charge is -2.25. The number of hydrogen-bond donors (Lipinski definition) is 4. The van der Waals surface area contributed by atoms with Crippen molar-refractivity contribution in [1.29, 1.82) is 0 Å². The molecule has 10 nitrogen and oxygen atoms in total. The van der Waals surface area contributed by atoms with Crippen molar-refractivity contribution in [1.82, 2.24) is 25.1 Å². The zero-order chi connectivity index (χ0) is 25.1. The van der Waals surface area contributed by atoms with Crippen molar-refractivity contribution in [2.24, 2.45) is 0 Å². The Bertz CT molecular complexity index is 1520. The Morgan fingerprint density at radius 2 is 2.06 bits per heavy atom. The van der Waals surface area contributed by atoms with E-state index in [1.807, 2.05) is 49.4 Å². The van der Waals surface area contributed by atoms with Crippen molar-refractivity contribution in [2.45, 2.75) is 13.8 Å². The van der Waals surface area contributed by atoms with Gasteiger partial charge in [-0.05, 0) is 55.8 Å². The monoisotopic (exact) mass is 484 g/mol. The van der Waals surface area contributed by atoms with Crippen molar-refractivity contribution in [3.8, 4) is 0 Å². The molecule has 0 aliphatic carbocycles. The maximum Gasteiger partial charge on any atom is 0.257 e. The Kier molecular flexibility index (Phi) is 6.50.